The molecule has 0 radical (unpaired) electrons. The number of carbonyl (C=O) groups is 2. The molecule has 0 bridgehead atoms. The van der Waals surface area contributed by atoms with Gasteiger partial charge in [-0.05, 0) is 109 Å². The highest BCUT2D eigenvalue weighted by molar-refractivity contribution is 7.45. The standard InChI is InChI=1S/C77H139N2O7P/c1-7-10-13-16-19-22-25-27-29-31-33-35-37-38-39-40-42-44-46-48-50-52-55-58-61-64-67-70-77(81)86-75(68-65-62-59-56-53-24-21-18-15-12-9-3)74(73-85-87(82,83)84-72-71-79(4,5)6)78-76(80)69-66-63-60-57-54-51-49-47-45-43-41-36-34-32-30-28-26-23-20-17-14-11-8-2/h11,14,20,23,27-30,34,36,43,45,49,51,65,68,74-75H,7-10,12-13,15-19,21-22,24-26,31-33,35,37-42,44,46-48,50,52-64,66-67,69-73H2,1-6H3,(H-,78,80,82,83)/b14-11-,23-20-,29-27+,30-28-,36-34-,45-43-,51-49-,68-65+. The number of phosphoric ester groups is 1. The second-order valence-corrected chi connectivity index (χ2v) is 27.1. The van der Waals surface area contributed by atoms with Crippen molar-refractivity contribution in [3.63, 3.8) is 0 Å². The van der Waals surface area contributed by atoms with Gasteiger partial charge in [0, 0.05) is 12.8 Å². The molecule has 0 spiro atoms. The average molecular weight is 1240 g/mol. The first kappa shape index (κ1) is 83.9. The van der Waals surface area contributed by atoms with Crippen LogP contribution in [0.5, 0.6) is 0 Å². The van der Waals surface area contributed by atoms with Crippen LogP contribution in [0.1, 0.15) is 329 Å². The predicted octanol–water partition coefficient (Wildman–Crippen LogP) is 22.8. The predicted molar refractivity (Wildman–Crippen MR) is 376 cm³/mol. The number of carbonyl (C=O) groups excluding carboxylic acids is 2. The molecule has 0 fully saturated rings. The van der Waals surface area contributed by atoms with Gasteiger partial charge < -0.3 is 28.5 Å². The topological polar surface area (TPSA) is 114 Å². The second-order valence-electron chi connectivity index (χ2n) is 25.7. The van der Waals surface area contributed by atoms with Crippen LogP contribution in [0, 0.1) is 0 Å². The summed E-state index contributed by atoms with van der Waals surface area (Å²) in [5.41, 5.74) is 0. The van der Waals surface area contributed by atoms with Crippen LogP contribution in [0.4, 0.5) is 0 Å². The molecule has 0 aliphatic rings. The Morgan fingerprint density at radius 2 is 0.736 bits per heavy atom. The third-order valence-electron chi connectivity index (χ3n) is 16.0. The Hall–Kier alpha value is -3.07. The van der Waals surface area contributed by atoms with Crippen LogP contribution in [0.15, 0.2) is 97.2 Å². The zero-order valence-corrected chi connectivity index (χ0v) is 58.6. The van der Waals surface area contributed by atoms with E-state index in [0.29, 0.717) is 17.4 Å². The van der Waals surface area contributed by atoms with Gasteiger partial charge >= 0.3 is 5.97 Å². The van der Waals surface area contributed by atoms with Gasteiger partial charge in [0.25, 0.3) is 7.82 Å². The maximum absolute atomic E-state index is 13.6. The fourth-order valence-corrected chi connectivity index (χ4v) is 11.1. The van der Waals surface area contributed by atoms with Crippen molar-refractivity contribution in [2.45, 2.75) is 341 Å². The molecular weight excluding hydrogens is 1100 g/mol. The van der Waals surface area contributed by atoms with E-state index in [2.05, 4.69) is 111 Å². The number of hydrogen-bond donors (Lipinski definition) is 1. The number of ether oxygens (including phenoxy) is 1. The van der Waals surface area contributed by atoms with E-state index in [4.69, 9.17) is 13.8 Å². The number of likely N-dealkylation sites (N-methyl/N-ethyl adjacent to an activating group) is 1. The first-order valence-corrected chi connectivity index (χ1v) is 38.0. The Balaban J connectivity index is 5.02. The number of nitrogens with zero attached hydrogens (tertiary/aromatic N) is 1. The molecule has 10 heteroatoms. The van der Waals surface area contributed by atoms with Crippen molar-refractivity contribution in [1.82, 2.24) is 5.32 Å². The van der Waals surface area contributed by atoms with Crippen LogP contribution in [0.2, 0.25) is 0 Å². The van der Waals surface area contributed by atoms with Crippen LogP contribution in [0.25, 0.3) is 0 Å². The number of allylic oxidation sites excluding steroid dienone is 15. The minimum Gasteiger partial charge on any atom is -0.756 e. The number of unbranched alkanes of at least 4 members (excludes halogenated alkanes) is 36. The number of quaternary nitrogens is 1. The van der Waals surface area contributed by atoms with Crippen LogP contribution < -0.4 is 10.2 Å². The van der Waals surface area contributed by atoms with Gasteiger partial charge in [0.1, 0.15) is 19.3 Å². The number of phosphoric acid groups is 1. The van der Waals surface area contributed by atoms with Crippen molar-refractivity contribution in [3.8, 4) is 0 Å². The highest BCUT2D eigenvalue weighted by atomic mass is 31.2. The Kier molecular flexibility index (Phi) is 63.5. The minimum atomic E-state index is -4.72. The van der Waals surface area contributed by atoms with E-state index in [1.807, 2.05) is 33.3 Å². The van der Waals surface area contributed by atoms with Crippen molar-refractivity contribution in [1.29, 1.82) is 0 Å². The molecule has 87 heavy (non-hydrogen) atoms. The van der Waals surface area contributed by atoms with Crippen molar-refractivity contribution in [2.24, 2.45) is 0 Å². The number of nitrogens with one attached hydrogen (secondary N) is 1. The van der Waals surface area contributed by atoms with E-state index in [1.165, 1.54) is 186 Å². The lowest BCUT2D eigenvalue weighted by Crippen LogP contribution is -2.47. The molecule has 1 amide bonds. The second kappa shape index (κ2) is 65.9. The van der Waals surface area contributed by atoms with E-state index >= 15 is 0 Å². The summed E-state index contributed by atoms with van der Waals surface area (Å²) < 4.78 is 30.4. The third-order valence-corrected chi connectivity index (χ3v) is 17.0. The van der Waals surface area contributed by atoms with Gasteiger partial charge in [0.15, 0.2) is 0 Å². The smallest absolute Gasteiger partial charge is 0.306 e. The average Bonchev–Trinajstić information content (AvgIpc) is 3.70. The minimum absolute atomic E-state index is 0.0308. The fraction of sp³-hybridized carbons (Fsp3) is 0.766. The number of esters is 1. The zero-order chi connectivity index (χ0) is 63.5. The largest absolute Gasteiger partial charge is 0.756 e. The first-order chi connectivity index (χ1) is 42.4. The van der Waals surface area contributed by atoms with Gasteiger partial charge in [0.2, 0.25) is 5.91 Å². The van der Waals surface area contributed by atoms with Gasteiger partial charge in [-0.3, -0.25) is 14.2 Å². The monoisotopic (exact) mass is 1240 g/mol. The van der Waals surface area contributed by atoms with E-state index in [9.17, 15) is 19.0 Å². The lowest BCUT2D eigenvalue weighted by atomic mass is 10.0. The molecule has 3 unspecified atom stereocenters. The van der Waals surface area contributed by atoms with Gasteiger partial charge in [-0.2, -0.15) is 0 Å². The maximum atomic E-state index is 13.6. The molecule has 0 aliphatic heterocycles. The van der Waals surface area contributed by atoms with Gasteiger partial charge in [-0.25, -0.2) is 0 Å². The van der Waals surface area contributed by atoms with Crippen LogP contribution in [0.3, 0.4) is 0 Å². The molecule has 0 aliphatic carbocycles. The molecule has 504 valence electrons. The summed E-state index contributed by atoms with van der Waals surface area (Å²) in [7, 11) is 1.16. The Labute approximate surface area is 538 Å². The van der Waals surface area contributed by atoms with E-state index < -0.39 is 26.6 Å². The normalized spacial score (nSPS) is 14.1. The fourth-order valence-electron chi connectivity index (χ4n) is 10.4. The summed E-state index contributed by atoms with van der Waals surface area (Å²) in [6, 6.07) is -0.907. The molecule has 0 aromatic heterocycles. The first-order valence-electron chi connectivity index (χ1n) is 36.5. The molecule has 0 aromatic carbocycles. The maximum Gasteiger partial charge on any atom is 0.306 e. The van der Waals surface area contributed by atoms with Crippen LogP contribution in [-0.4, -0.2) is 69.4 Å². The highest BCUT2D eigenvalue weighted by Gasteiger charge is 2.27. The van der Waals surface area contributed by atoms with Gasteiger partial charge in [-0.15, -0.1) is 0 Å². The lowest BCUT2D eigenvalue weighted by Gasteiger charge is -2.30. The lowest BCUT2D eigenvalue weighted by molar-refractivity contribution is -0.870. The van der Waals surface area contributed by atoms with Crippen LogP contribution in [-0.2, 0) is 27.9 Å². The van der Waals surface area contributed by atoms with Crippen molar-refractivity contribution < 1.29 is 37.3 Å². The molecule has 1 N–H and O–H groups in total. The molecule has 0 saturated carbocycles. The van der Waals surface area contributed by atoms with Crippen LogP contribution >= 0.6 is 7.82 Å². The molecule has 3 atom stereocenters. The van der Waals surface area contributed by atoms with Crippen molar-refractivity contribution in [3.05, 3.63) is 97.2 Å². The van der Waals surface area contributed by atoms with E-state index in [-0.39, 0.29) is 31.3 Å². The number of rotatable bonds is 66. The van der Waals surface area contributed by atoms with Crippen molar-refractivity contribution in [2.75, 3.05) is 40.9 Å². The molecule has 9 nitrogen and oxygen atoms in total. The zero-order valence-electron chi connectivity index (χ0n) is 57.7. The summed E-state index contributed by atoms with van der Waals surface area (Å²) in [6.45, 7) is 6.73. The SMILES string of the molecule is CC/C=C\C/C=C\C/C=C\C/C=C\C/C=C\C/C=C\CCCCCCC(=O)NC(COP(=O)([O-])OCC[N+](C)(C)C)C(/C=C/CCCCCCCCCCC)OC(=O)CCCCCCCCCCCCCCCCCCC/C=C/CCCCCCCC. The summed E-state index contributed by atoms with van der Waals surface area (Å²) in [5.74, 6) is -0.565. The molecule has 0 rings (SSSR count). The molecule has 0 saturated heterocycles. The van der Waals surface area contributed by atoms with Gasteiger partial charge in [0.05, 0.1) is 33.8 Å². The third kappa shape index (κ3) is 67.2. The van der Waals surface area contributed by atoms with Gasteiger partial charge in [-0.1, -0.05) is 305 Å². The summed E-state index contributed by atoms with van der Waals surface area (Å²) in [5, 5.41) is 3.03. The van der Waals surface area contributed by atoms with E-state index in [0.717, 1.165) is 103 Å². The van der Waals surface area contributed by atoms with E-state index in [1.54, 1.807) is 0 Å². The Morgan fingerprint density at radius 1 is 0.414 bits per heavy atom. The van der Waals surface area contributed by atoms with Crippen molar-refractivity contribution >= 4 is 19.7 Å². The quantitative estimate of drug-likeness (QED) is 0.0212. The Bertz CT molecular complexity index is 1810. The summed E-state index contributed by atoms with van der Waals surface area (Å²) >= 11 is 0. The summed E-state index contributed by atoms with van der Waals surface area (Å²) in [6.07, 6.45) is 89.8. The highest BCUT2D eigenvalue weighted by Crippen LogP contribution is 2.38. The molecular formula is C77H139N2O7P. The summed E-state index contributed by atoms with van der Waals surface area (Å²) in [4.78, 5) is 40.2. The molecule has 0 heterocycles. The number of hydrogen-bond acceptors (Lipinski definition) is 7. The number of amides is 1. The molecule has 0 aromatic rings. The Morgan fingerprint density at radius 3 is 1.11 bits per heavy atom.